The van der Waals surface area contributed by atoms with Crippen molar-refractivity contribution in [2.75, 3.05) is 5.73 Å². The molecule has 3 aromatic rings. The maximum Gasteiger partial charge on any atom is 0.275 e. The molecule has 0 aliphatic heterocycles. The summed E-state index contributed by atoms with van der Waals surface area (Å²) in [7, 11) is 0. The van der Waals surface area contributed by atoms with Crippen molar-refractivity contribution in [3.05, 3.63) is 88.5 Å². The number of anilines is 1. The van der Waals surface area contributed by atoms with Gasteiger partial charge in [0.05, 0.1) is 10.7 Å². The normalized spacial score (nSPS) is 11.9. The second-order valence-corrected chi connectivity index (χ2v) is 7.12. The van der Waals surface area contributed by atoms with Gasteiger partial charge in [0, 0.05) is 12.5 Å². The zero-order chi connectivity index (χ0) is 18.4. The predicted molar refractivity (Wildman–Crippen MR) is 109 cm³/mol. The van der Waals surface area contributed by atoms with Crippen LogP contribution in [0.15, 0.2) is 77.4 Å². The first-order valence-corrected chi connectivity index (χ1v) is 9.71. The first-order valence-electron chi connectivity index (χ1n) is 8.92. The summed E-state index contributed by atoms with van der Waals surface area (Å²) in [5.74, 6) is 1.52. The van der Waals surface area contributed by atoms with Gasteiger partial charge in [-0.05, 0) is 58.1 Å². The molecular formula is C22H24BrN2O+. The van der Waals surface area contributed by atoms with E-state index in [1.165, 1.54) is 11.1 Å². The number of nitrogens with two attached hydrogens (primary N) is 1. The number of rotatable bonds is 7. The molecule has 1 aromatic heterocycles. The molecule has 0 amide bonds. The highest BCUT2D eigenvalue weighted by molar-refractivity contribution is 9.10. The monoisotopic (exact) mass is 411 g/mol. The lowest BCUT2D eigenvalue weighted by Gasteiger charge is -2.18. The lowest BCUT2D eigenvalue weighted by molar-refractivity contribution is -0.741. The fourth-order valence-corrected chi connectivity index (χ4v) is 3.31. The van der Waals surface area contributed by atoms with E-state index < -0.39 is 0 Å². The lowest BCUT2D eigenvalue weighted by Crippen LogP contribution is -2.45. The third kappa shape index (κ3) is 4.64. The molecule has 0 radical (unpaired) electrons. The average Bonchev–Trinajstić information content (AvgIpc) is 2.68. The molecule has 4 heteroatoms. The number of halogens is 1. The summed E-state index contributed by atoms with van der Waals surface area (Å²) in [6, 6.07) is 22.5. The van der Waals surface area contributed by atoms with Gasteiger partial charge in [0.1, 0.15) is 5.75 Å². The predicted octanol–water partition coefficient (Wildman–Crippen LogP) is 5.09. The average molecular weight is 412 g/mol. The number of hydrogen-bond acceptors (Lipinski definition) is 2. The summed E-state index contributed by atoms with van der Waals surface area (Å²) in [5.41, 5.74) is 8.82. The van der Waals surface area contributed by atoms with E-state index in [0.717, 1.165) is 29.5 Å². The summed E-state index contributed by atoms with van der Waals surface area (Å²) in [5, 5.41) is 0. The van der Waals surface area contributed by atoms with Crippen LogP contribution >= 0.6 is 15.9 Å². The van der Waals surface area contributed by atoms with Crippen LogP contribution in [0.2, 0.25) is 0 Å². The molecule has 2 aromatic carbocycles. The van der Waals surface area contributed by atoms with Crippen molar-refractivity contribution in [3.63, 3.8) is 0 Å². The van der Waals surface area contributed by atoms with E-state index in [4.69, 9.17) is 10.5 Å². The van der Waals surface area contributed by atoms with Gasteiger partial charge in [-0.15, -0.1) is 0 Å². The number of nitrogens with zero attached hydrogens (tertiary/aromatic N) is 1. The molecule has 0 saturated heterocycles. The van der Waals surface area contributed by atoms with Gasteiger partial charge in [-0.2, -0.15) is 4.57 Å². The smallest absolute Gasteiger partial charge is 0.275 e. The number of para-hydroxylation sites is 1. The van der Waals surface area contributed by atoms with Crippen molar-refractivity contribution in [2.24, 2.45) is 0 Å². The maximum absolute atomic E-state index is 6.24. The van der Waals surface area contributed by atoms with E-state index in [1.807, 2.05) is 41.0 Å². The van der Waals surface area contributed by atoms with Crippen molar-refractivity contribution in [1.82, 2.24) is 0 Å². The van der Waals surface area contributed by atoms with E-state index >= 15 is 0 Å². The Morgan fingerprint density at radius 2 is 1.62 bits per heavy atom. The van der Waals surface area contributed by atoms with Crippen LogP contribution in [0.3, 0.4) is 0 Å². The summed E-state index contributed by atoms with van der Waals surface area (Å²) in [6.45, 7) is 2.10. The summed E-state index contributed by atoms with van der Waals surface area (Å²) in [4.78, 5) is 0. The van der Waals surface area contributed by atoms with Crippen molar-refractivity contribution >= 4 is 21.7 Å². The van der Waals surface area contributed by atoms with Crippen LogP contribution in [0.1, 0.15) is 30.7 Å². The molecule has 0 bridgehead atoms. The number of nitrogen functional groups attached to an aromatic ring is 1. The summed E-state index contributed by atoms with van der Waals surface area (Å²) < 4.78 is 9.19. The Kier molecular flexibility index (Phi) is 6.29. The second-order valence-electron chi connectivity index (χ2n) is 6.27. The number of benzene rings is 2. The Morgan fingerprint density at radius 3 is 2.35 bits per heavy atom. The highest BCUT2D eigenvalue weighted by Crippen LogP contribution is 2.27. The second kappa shape index (κ2) is 8.86. The van der Waals surface area contributed by atoms with Gasteiger partial charge < -0.3 is 4.74 Å². The van der Waals surface area contributed by atoms with E-state index in [0.29, 0.717) is 5.82 Å². The Morgan fingerprint density at radius 1 is 0.923 bits per heavy atom. The summed E-state index contributed by atoms with van der Waals surface area (Å²) >= 11 is 3.54. The van der Waals surface area contributed by atoms with Crippen LogP contribution < -0.4 is 15.0 Å². The number of pyridine rings is 1. The molecule has 0 fully saturated rings. The van der Waals surface area contributed by atoms with Crippen molar-refractivity contribution in [1.29, 1.82) is 0 Å². The molecule has 0 aliphatic carbocycles. The Bertz CT molecular complexity index is 852. The van der Waals surface area contributed by atoms with Crippen LogP contribution in [-0.4, -0.2) is 0 Å². The van der Waals surface area contributed by atoms with E-state index in [1.54, 1.807) is 0 Å². The minimum Gasteiger partial charge on any atom is -0.451 e. The molecular weight excluding hydrogens is 388 g/mol. The Hall–Kier alpha value is -2.33. The fourth-order valence-electron chi connectivity index (χ4n) is 2.93. The molecule has 134 valence electrons. The third-order valence-electron chi connectivity index (χ3n) is 4.38. The minimum atomic E-state index is -0.148. The number of hydrogen-bond donors (Lipinski definition) is 1. The Labute approximate surface area is 163 Å². The number of ether oxygens (including phenoxy) is 1. The third-order valence-corrected chi connectivity index (χ3v) is 5.03. The van der Waals surface area contributed by atoms with E-state index in [2.05, 4.69) is 59.4 Å². The lowest BCUT2D eigenvalue weighted by atomic mass is 10.1. The van der Waals surface area contributed by atoms with Gasteiger partial charge >= 0.3 is 0 Å². The van der Waals surface area contributed by atoms with Crippen LogP contribution in [0, 0.1) is 0 Å². The largest absolute Gasteiger partial charge is 0.451 e. The zero-order valence-corrected chi connectivity index (χ0v) is 16.5. The molecule has 3 nitrogen and oxygen atoms in total. The topological polar surface area (TPSA) is 39.1 Å². The van der Waals surface area contributed by atoms with Gasteiger partial charge in [0.2, 0.25) is 6.23 Å². The molecule has 1 unspecified atom stereocenters. The van der Waals surface area contributed by atoms with Crippen molar-refractivity contribution < 1.29 is 9.30 Å². The van der Waals surface area contributed by atoms with Crippen molar-refractivity contribution in [3.8, 4) is 5.75 Å². The molecule has 1 heterocycles. The maximum atomic E-state index is 6.24. The number of aryl methyl sites for hydroxylation is 2. The fraction of sp³-hybridized carbons (Fsp3) is 0.227. The molecule has 0 saturated carbocycles. The SMILES string of the molecule is CCC(Oc1ccccc1Br)[n+]1cc(CCc2ccccc2)ccc1N. The zero-order valence-electron chi connectivity index (χ0n) is 14.9. The molecule has 2 N–H and O–H groups in total. The van der Waals surface area contributed by atoms with Gasteiger partial charge in [0.25, 0.3) is 5.82 Å². The van der Waals surface area contributed by atoms with Gasteiger partial charge in [-0.25, -0.2) is 0 Å². The molecule has 26 heavy (non-hydrogen) atoms. The van der Waals surface area contributed by atoms with E-state index in [9.17, 15) is 0 Å². The standard InChI is InChI=1S/C22H23BrN2O/c1-2-22(26-20-11-7-6-10-19(20)23)25-16-18(14-15-21(25)24)13-12-17-8-4-3-5-9-17/h3-11,14-16,22,24H,2,12-13H2,1H3/p+1. The van der Waals surface area contributed by atoms with Crippen LogP contribution in [-0.2, 0) is 12.8 Å². The minimum absolute atomic E-state index is 0.148. The summed E-state index contributed by atoms with van der Waals surface area (Å²) in [6.07, 6.45) is 4.76. The van der Waals surface area contributed by atoms with Crippen molar-refractivity contribution in [2.45, 2.75) is 32.4 Å². The molecule has 3 rings (SSSR count). The van der Waals surface area contributed by atoms with Crippen LogP contribution in [0.5, 0.6) is 5.75 Å². The molecule has 1 atom stereocenters. The van der Waals surface area contributed by atoms with Gasteiger partial charge in [-0.1, -0.05) is 49.4 Å². The highest BCUT2D eigenvalue weighted by atomic mass is 79.9. The number of aromatic nitrogens is 1. The quantitative estimate of drug-likeness (QED) is 0.549. The van der Waals surface area contributed by atoms with E-state index in [-0.39, 0.29) is 6.23 Å². The van der Waals surface area contributed by atoms with Gasteiger partial charge in [0.15, 0.2) is 0 Å². The van der Waals surface area contributed by atoms with Crippen LogP contribution in [0.4, 0.5) is 5.82 Å². The molecule has 0 spiro atoms. The highest BCUT2D eigenvalue weighted by Gasteiger charge is 2.19. The first kappa shape index (κ1) is 18.5. The van der Waals surface area contributed by atoms with Crippen LogP contribution in [0.25, 0.3) is 0 Å². The van der Waals surface area contributed by atoms with Gasteiger partial charge in [-0.3, -0.25) is 5.73 Å². The Balaban J connectivity index is 1.78. The molecule has 0 aliphatic rings. The first-order chi connectivity index (χ1) is 12.7.